The van der Waals surface area contributed by atoms with E-state index in [4.69, 9.17) is 0 Å². The monoisotopic (exact) mass is 242 g/mol. The summed E-state index contributed by atoms with van der Waals surface area (Å²) in [7, 11) is 0. The first kappa shape index (κ1) is 10.4. The molecule has 1 aromatic heterocycles. The molecule has 2 heterocycles. The molecule has 1 aromatic carbocycles. The van der Waals surface area contributed by atoms with Gasteiger partial charge in [-0.25, -0.2) is 0 Å². The third kappa shape index (κ3) is 1.34. The highest BCUT2D eigenvalue weighted by molar-refractivity contribution is 5.94. The highest BCUT2D eigenvalue weighted by Gasteiger charge is 2.23. The Hall–Kier alpha value is -1.48. The molecule has 0 unspecified atom stereocenters. The molecule has 1 aliphatic heterocycles. The minimum Gasteiger partial charge on any atom is -0.507 e. The number of aryl methyl sites for hydroxylation is 2. The molecule has 0 fully saturated rings. The topological polar surface area (TPSA) is 48.0 Å². The molecule has 2 aliphatic rings. The van der Waals surface area contributed by atoms with Gasteiger partial charge in [0.05, 0.1) is 5.52 Å². The lowest BCUT2D eigenvalue weighted by Crippen LogP contribution is -2.16. The molecular weight excluding hydrogens is 224 g/mol. The van der Waals surface area contributed by atoms with Gasteiger partial charge in [0.25, 0.3) is 0 Å². The summed E-state index contributed by atoms with van der Waals surface area (Å²) < 4.78 is 0. The van der Waals surface area contributed by atoms with Gasteiger partial charge in [-0.15, -0.1) is 0 Å². The SMILES string of the molecule is Oc1cc2c(c3[nH]c4c(c13)CCNCC4)CCC2. The van der Waals surface area contributed by atoms with Gasteiger partial charge in [0.1, 0.15) is 5.75 Å². The van der Waals surface area contributed by atoms with Crippen LogP contribution in [0.2, 0.25) is 0 Å². The number of aromatic hydroxyl groups is 1. The summed E-state index contributed by atoms with van der Waals surface area (Å²) in [5.74, 6) is 0.477. The Bertz CT molecular complexity index is 627. The summed E-state index contributed by atoms with van der Waals surface area (Å²) >= 11 is 0. The molecule has 3 nitrogen and oxygen atoms in total. The van der Waals surface area contributed by atoms with E-state index in [1.54, 1.807) is 0 Å². The molecule has 18 heavy (non-hydrogen) atoms. The molecule has 0 atom stereocenters. The summed E-state index contributed by atoms with van der Waals surface area (Å²) in [5, 5.41) is 14.8. The van der Waals surface area contributed by atoms with Crippen molar-refractivity contribution in [1.29, 1.82) is 0 Å². The van der Waals surface area contributed by atoms with Crippen molar-refractivity contribution in [2.45, 2.75) is 32.1 Å². The molecule has 1 aliphatic carbocycles. The van der Waals surface area contributed by atoms with E-state index >= 15 is 0 Å². The molecule has 4 rings (SSSR count). The molecule has 2 aromatic rings. The van der Waals surface area contributed by atoms with Crippen LogP contribution in [0.3, 0.4) is 0 Å². The van der Waals surface area contributed by atoms with E-state index in [0.717, 1.165) is 44.2 Å². The van der Waals surface area contributed by atoms with Crippen molar-refractivity contribution < 1.29 is 5.11 Å². The van der Waals surface area contributed by atoms with Gasteiger partial charge in [-0.3, -0.25) is 0 Å². The number of hydrogen-bond acceptors (Lipinski definition) is 2. The van der Waals surface area contributed by atoms with Crippen LogP contribution in [0.5, 0.6) is 5.75 Å². The summed E-state index contributed by atoms with van der Waals surface area (Å²) in [4.78, 5) is 3.60. The van der Waals surface area contributed by atoms with Crippen LogP contribution >= 0.6 is 0 Å². The lowest BCUT2D eigenvalue weighted by atomic mass is 10.0. The number of phenolic OH excluding ortho intramolecular Hbond substituents is 1. The van der Waals surface area contributed by atoms with E-state index in [1.807, 2.05) is 6.07 Å². The van der Waals surface area contributed by atoms with Gasteiger partial charge in [0, 0.05) is 24.0 Å². The summed E-state index contributed by atoms with van der Waals surface area (Å²) in [5.41, 5.74) is 6.67. The van der Waals surface area contributed by atoms with Crippen LogP contribution in [-0.4, -0.2) is 23.2 Å². The minimum atomic E-state index is 0.477. The second-order valence-corrected chi connectivity index (χ2v) is 5.47. The molecule has 0 saturated carbocycles. The van der Waals surface area contributed by atoms with Gasteiger partial charge in [-0.05, 0) is 55.0 Å². The van der Waals surface area contributed by atoms with Crippen LogP contribution in [0, 0.1) is 0 Å². The lowest BCUT2D eigenvalue weighted by molar-refractivity contribution is 0.480. The summed E-state index contributed by atoms with van der Waals surface area (Å²) in [6.45, 7) is 2.04. The number of aromatic nitrogens is 1. The van der Waals surface area contributed by atoms with Gasteiger partial charge < -0.3 is 15.4 Å². The fraction of sp³-hybridized carbons (Fsp3) is 0.467. The molecular formula is C15H18N2O. The van der Waals surface area contributed by atoms with Crippen LogP contribution in [0.4, 0.5) is 0 Å². The van der Waals surface area contributed by atoms with Crippen LogP contribution in [0.1, 0.15) is 28.8 Å². The smallest absolute Gasteiger partial charge is 0.125 e. The third-order valence-corrected chi connectivity index (χ3v) is 4.42. The van der Waals surface area contributed by atoms with E-state index in [1.165, 1.54) is 34.3 Å². The van der Waals surface area contributed by atoms with Crippen LogP contribution in [0.25, 0.3) is 10.9 Å². The number of nitrogens with one attached hydrogen (secondary N) is 2. The van der Waals surface area contributed by atoms with Crippen molar-refractivity contribution in [2.75, 3.05) is 13.1 Å². The Morgan fingerprint density at radius 1 is 1.00 bits per heavy atom. The maximum atomic E-state index is 10.3. The predicted molar refractivity (Wildman–Crippen MR) is 72.3 cm³/mol. The fourth-order valence-electron chi connectivity index (χ4n) is 3.59. The van der Waals surface area contributed by atoms with Gasteiger partial charge in [0.2, 0.25) is 0 Å². The summed E-state index contributed by atoms with van der Waals surface area (Å²) in [6, 6.07) is 2.00. The molecule has 94 valence electrons. The lowest BCUT2D eigenvalue weighted by Gasteiger charge is -2.05. The number of hydrogen-bond donors (Lipinski definition) is 3. The first-order valence-electron chi connectivity index (χ1n) is 6.92. The van der Waals surface area contributed by atoms with Crippen molar-refractivity contribution in [1.82, 2.24) is 10.3 Å². The first-order valence-corrected chi connectivity index (χ1v) is 6.92. The van der Waals surface area contributed by atoms with Gasteiger partial charge in [0.15, 0.2) is 0 Å². The Labute approximate surface area is 106 Å². The highest BCUT2D eigenvalue weighted by Crippen LogP contribution is 2.39. The Morgan fingerprint density at radius 2 is 1.89 bits per heavy atom. The zero-order chi connectivity index (χ0) is 12.1. The first-order chi connectivity index (χ1) is 8.84. The van der Waals surface area contributed by atoms with Crippen LogP contribution in [0.15, 0.2) is 6.07 Å². The Morgan fingerprint density at radius 3 is 2.83 bits per heavy atom. The van der Waals surface area contributed by atoms with E-state index < -0.39 is 0 Å². The predicted octanol–water partition coefficient (Wildman–Crippen LogP) is 2.05. The Kier molecular flexibility index (Phi) is 2.18. The van der Waals surface area contributed by atoms with E-state index in [-0.39, 0.29) is 0 Å². The van der Waals surface area contributed by atoms with Gasteiger partial charge in [-0.1, -0.05) is 0 Å². The Balaban J connectivity index is 2.05. The second-order valence-electron chi connectivity index (χ2n) is 5.47. The number of aromatic amines is 1. The van der Waals surface area contributed by atoms with E-state index in [9.17, 15) is 5.11 Å². The average molecular weight is 242 g/mol. The fourth-order valence-corrected chi connectivity index (χ4v) is 3.59. The largest absolute Gasteiger partial charge is 0.507 e. The van der Waals surface area contributed by atoms with Crippen molar-refractivity contribution >= 4 is 10.9 Å². The molecule has 0 radical (unpaired) electrons. The third-order valence-electron chi connectivity index (χ3n) is 4.42. The molecule has 3 N–H and O–H groups in total. The average Bonchev–Trinajstić information content (AvgIpc) is 2.88. The molecule has 0 spiro atoms. The van der Waals surface area contributed by atoms with Crippen LogP contribution < -0.4 is 5.32 Å². The maximum Gasteiger partial charge on any atom is 0.125 e. The normalized spacial score (nSPS) is 18.7. The number of rotatable bonds is 0. The number of H-pyrrole nitrogens is 1. The zero-order valence-corrected chi connectivity index (χ0v) is 10.5. The molecule has 3 heteroatoms. The molecule has 0 bridgehead atoms. The molecule has 0 amide bonds. The van der Waals surface area contributed by atoms with Gasteiger partial charge >= 0.3 is 0 Å². The minimum absolute atomic E-state index is 0.477. The highest BCUT2D eigenvalue weighted by atomic mass is 16.3. The van der Waals surface area contributed by atoms with E-state index in [0.29, 0.717) is 5.75 Å². The number of benzene rings is 1. The van der Waals surface area contributed by atoms with Crippen molar-refractivity contribution in [3.05, 3.63) is 28.5 Å². The van der Waals surface area contributed by atoms with Crippen LogP contribution in [-0.2, 0) is 25.7 Å². The van der Waals surface area contributed by atoms with Crippen molar-refractivity contribution in [3.63, 3.8) is 0 Å². The van der Waals surface area contributed by atoms with Gasteiger partial charge in [-0.2, -0.15) is 0 Å². The zero-order valence-electron chi connectivity index (χ0n) is 10.5. The molecule has 0 saturated heterocycles. The number of fused-ring (bicyclic) bond motifs is 5. The summed E-state index contributed by atoms with van der Waals surface area (Å²) in [6.07, 6.45) is 5.55. The van der Waals surface area contributed by atoms with Crippen molar-refractivity contribution in [2.24, 2.45) is 0 Å². The van der Waals surface area contributed by atoms with Crippen molar-refractivity contribution in [3.8, 4) is 5.75 Å². The maximum absolute atomic E-state index is 10.3. The standard InChI is InChI=1S/C15H18N2O/c18-13-8-9-2-1-3-10(9)15-14(13)11-4-6-16-7-5-12(11)17-15/h8,16-18H,1-7H2. The number of phenols is 1. The second kappa shape index (κ2) is 3.75. The quantitative estimate of drug-likeness (QED) is 0.662. The van der Waals surface area contributed by atoms with E-state index in [2.05, 4.69) is 10.3 Å².